The number of hydrogen-bond acceptors (Lipinski definition) is 6. The lowest BCUT2D eigenvalue weighted by molar-refractivity contribution is -0.488. The number of anilines is 3. The van der Waals surface area contributed by atoms with Gasteiger partial charge in [0.15, 0.2) is 0 Å². The molecule has 1 heterocycles. The fraction of sp³-hybridized carbons (Fsp3) is 0.171. The van der Waals surface area contributed by atoms with Crippen molar-refractivity contribution in [3.8, 4) is 5.75 Å². The van der Waals surface area contributed by atoms with Crippen LogP contribution >= 0.6 is 0 Å². The molecule has 0 saturated heterocycles. The van der Waals surface area contributed by atoms with Gasteiger partial charge in [-0.3, -0.25) is 19.8 Å². The van der Waals surface area contributed by atoms with Gasteiger partial charge in [0.25, 0.3) is 0 Å². The first-order valence-electron chi connectivity index (χ1n) is 14.8. The lowest BCUT2D eigenvalue weighted by atomic mass is 10.00. The first kappa shape index (κ1) is 32.2. The van der Waals surface area contributed by atoms with Crippen molar-refractivity contribution in [3.63, 3.8) is 0 Å². The molecule has 0 fully saturated rings. The first-order valence-corrected chi connectivity index (χ1v) is 14.8. The number of aromatic carboxylic acids is 1. The van der Waals surface area contributed by atoms with Crippen LogP contribution in [0.2, 0.25) is 0 Å². The molecule has 0 aromatic heterocycles. The number of methoxy groups -OCH3 is 1. The molecule has 0 bridgehead atoms. The molecule has 0 aliphatic carbocycles. The van der Waals surface area contributed by atoms with Crippen molar-refractivity contribution in [2.75, 3.05) is 28.8 Å². The third kappa shape index (κ3) is 6.91. The average molecular weight is 636 g/mol. The molecule has 5 rings (SSSR count). The zero-order valence-electron chi connectivity index (χ0n) is 25.9. The summed E-state index contributed by atoms with van der Waals surface area (Å²) in [5.74, 6) is -1.85. The van der Waals surface area contributed by atoms with Gasteiger partial charge in [-0.15, -0.1) is 0 Å². The second-order valence-corrected chi connectivity index (χ2v) is 10.9. The fourth-order valence-electron chi connectivity index (χ4n) is 5.39. The van der Waals surface area contributed by atoms with Crippen molar-refractivity contribution in [1.29, 1.82) is 0 Å². The number of carbonyl (C=O) groups excluding carboxylic acids is 3. The predicted molar refractivity (Wildman–Crippen MR) is 177 cm³/mol. The third-order valence-corrected chi connectivity index (χ3v) is 7.52. The molecule has 4 aromatic rings. The smallest absolute Gasteiger partial charge is 0.335 e. The summed E-state index contributed by atoms with van der Waals surface area (Å²) in [6.45, 7) is 3.24. The zero-order chi connectivity index (χ0) is 33.7. The second-order valence-electron chi connectivity index (χ2n) is 10.9. The normalized spacial score (nSPS) is 14.3. The standard InChI is InChI=1S/C35H33N5O7/c1-22(2)39(26-16-18-27(47-3)19-17-26)30(41)21-38-29-15-8-7-14-28(29)31(23-10-5-4-6-11-23)40(46)32(33(38)42)37-35(45)36-25-13-9-12-24(20-25)34(43)44/h4-20,22,32H,21H2,1-3H3,(H,43,44)(H2,36,37,45). The van der Waals surface area contributed by atoms with Crippen molar-refractivity contribution in [2.45, 2.75) is 26.1 Å². The SMILES string of the molecule is COc1ccc(N(C(=O)CN2C(=O)C(NC(=O)Nc3cccc(C(=O)O)c3)[N+]([O-])=C(c3ccccc3)c3ccccc32)C(C)C)cc1. The number of carbonyl (C=O) groups is 4. The van der Waals surface area contributed by atoms with Gasteiger partial charge in [0.05, 0.1) is 23.9 Å². The quantitative estimate of drug-likeness (QED) is 0.178. The number of urea groups is 1. The van der Waals surface area contributed by atoms with Crippen LogP contribution in [0.25, 0.3) is 0 Å². The van der Waals surface area contributed by atoms with E-state index in [9.17, 15) is 29.5 Å². The molecule has 1 atom stereocenters. The number of nitrogens with one attached hydrogen (secondary N) is 2. The Kier molecular flexibility index (Phi) is 9.50. The van der Waals surface area contributed by atoms with Gasteiger partial charge < -0.3 is 25.3 Å². The highest BCUT2D eigenvalue weighted by atomic mass is 16.5. The van der Waals surface area contributed by atoms with Crippen molar-refractivity contribution in [2.24, 2.45) is 0 Å². The predicted octanol–water partition coefficient (Wildman–Crippen LogP) is 4.68. The summed E-state index contributed by atoms with van der Waals surface area (Å²) in [5, 5.41) is 28.5. The van der Waals surface area contributed by atoms with Crippen molar-refractivity contribution in [3.05, 3.63) is 125 Å². The van der Waals surface area contributed by atoms with Crippen LogP contribution in [0.15, 0.2) is 103 Å². The monoisotopic (exact) mass is 635 g/mol. The van der Waals surface area contributed by atoms with Crippen molar-refractivity contribution in [1.82, 2.24) is 5.32 Å². The second kappa shape index (κ2) is 13.9. The summed E-state index contributed by atoms with van der Waals surface area (Å²) < 4.78 is 5.68. The minimum absolute atomic E-state index is 0.0646. The van der Waals surface area contributed by atoms with Gasteiger partial charge in [-0.25, -0.2) is 9.59 Å². The number of hydrogen-bond donors (Lipinski definition) is 3. The molecule has 1 unspecified atom stereocenters. The lowest BCUT2D eigenvalue weighted by Crippen LogP contribution is -2.56. The number of amides is 4. The number of carboxylic acid groups (broad SMARTS) is 1. The number of fused-ring (bicyclic) bond motifs is 1. The molecular weight excluding hydrogens is 602 g/mol. The molecule has 240 valence electrons. The number of nitrogens with zero attached hydrogens (tertiary/aromatic N) is 3. The molecule has 0 spiro atoms. The molecule has 0 radical (unpaired) electrons. The minimum Gasteiger partial charge on any atom is -0.621 e. The summed E-state index contributed by atoms with van der Waals surface area (Å²) >= 11 is 0. The van der Waals surface area contributed by atoms with Crippen LogP contribution in [0.4, 0.5) is 21.9 Å². The van der Waals surface area contributed by atoms with Crippen LogP contribution in [0, 0.1) is 5.21 Å². The van der Waals surface area contributed by atoms with E-state index in [1.54, 1.807) is 90.9 Å². The summed E-state index contributed by atoms with van der Waals surface area (Å²) in [6, 6.07) is 26.7. The molecule has 12 nitrogen and oxygen atoms in total. The van der Waals surface area contributed by atoms with Crippen LogP contribution in [-0.2, 0) is 9.59 Å². The van der Waals surface area contributed by atoms with E-state index in [4.69, 9.17) is 4.74 Å². The Bertz CT molecular complexity index is 1840. The van der Waals surface area contributed by atoms with E-state index in [1.807, 2.05) is 13.8 Å². The van der Waals surface area contributed by atoms with Gasteiger partial charge in [0.2, 0.25) is 11.6 Å². The summed E-state index contributed by atoms with van der Waals surface area (Å²) in [7, 11) is 1.54. The molecule has 1 aliphatic heterocycles. The lowest BCUT2D eigenvalue weighted by Gasteiger charge is -2.31. The van der Waals surface area contributed by atoms with E-state index in [2.05, 4.69) is 10.6 Å². The maximum atomic E-state index is 14.3. The number of hydroxylamine groups is 1. The third-order valence-electron chi connectivity index (χ3n) is 7.52. The number of benzene rings is 4. The van der Waals surface area contributed by atoms with Crippen LogP contribution in [-0.4, -0.2) is 65.2 Å². The van der Waals surface area contributed by atoms with Crippen LogP contribution in [0.3, 0.4) is 0 Å². The van der Waals surface area contributed by atoms with Crippen molar-refractivity contribution >= 4 is 46.6 Å². The largest absolute Gasteiger partial charge is 0.621 e. The van der Waals surface area contributed by atoms with E-state index in [-0.39, 0.29) is 23.0 Å². The number of benzodiazepines with no additional fused rings is 1. The Labute approximate surface area is 271 Å². The summed E-state index contributed by atoms with van der Waals surface area (Å²) in [5.41, 5.74) is 1.94. The summed E-state index contributed by atoms with van der Waals surface area (Å²) in [4.78, 5) is 55.8. The topological polar surface area (TPSA) is 154 Å². The number of para-hydroxylation sites is 1. The average Bonchev–Trinajstić information content (AvgIpc) is 3.14. The Hall–Kier alpha value is -6.17. The van der Waals surface area contributed by atoms with Gasteiger partial charge in [-0.05, 0) is 80.6 Å². The Morgan fingerprint density at radius 3 is 2.30 bits per heavy atom. The summed E-state index contributed by atoms with van der Waals surface area (Å²) in [6.07, 6.45) is -1.80. The van der Waals surface area contributed by atoms with Gasteiger partial charge in [-0.1, -0.05) is 36.4 Å². The molecule has 0 saturated carbocycles. The Morgan fingerprint density at radius 1 is 0.957 bits per heavy atom. The first-order chi connectivity index (χ1) is 22.6. The minimum atomic E-state index is -1.80. The number of carboxylic acids is 1. The van der Waals surface area contributed by atoms with E-state index in [0.717, 1.165) is 0 Å². The molecule has 12 heteroatoms. The Morgan fingerprint density at radius 2 is 1.64 bits per heavy atom. The highest BCUT2D eigenvalue weighted by Crippen LogP contribution is 2.29. The molecule has 1 aliphatic rings. The Balaban J connectivity index is 1.55. The van der Waals surface area contributed by atoms with Crippen molar-refractivity contribution < 1.29 is 33.8 Å². The van der Waals surface area contributed by atoms with Gasteiger partial charge >= 0.3 is 24.1 Å². The maximum absolute atomic E-state index is 14.3. The highest BCUT2D eigenvalue weighted by molar-refractivity contribution is 6.18. The molecule has 4 aromatic carbocycles. The van der Waals surface area contributed by atoms with Gasteiger partial charge in [0.1, 0.15) is 12.3 Å². The van der Waals surface area contributed by atoms with E-state index in [0.29, 0.717) is 33.0 Å². The van der Waals surface area contributed by atoms with E-state index >= 15 is 0 Å². The van der Waals surface area contributed by atoms with Gasteiger partial charge in [-0.2, -0.15) is 4.74 Å². The maximum Gasteiger partial charge on any atom is 0.335 e. The van der Waals surface area contributed by atoms with E-state index < -0.39 is 36.5 Å². The zero-order valence-corrected chi connectivity index (χ0v) is 25.9. The molecule has 4 amide bonds. The highest BCUT2D eigenvalue weighted by Gasteiger charge is 2.42. The van der Waals surface area contributed by atoms with Crippen LogP contribution < -0.4 is 25.2 Å². The van der Waals surface area contributed by atoms with Crippen LogP contribution in [0.1, 0.15) is 35.3 Å². The van der Waals surface area contributed by atoms with Crippen LogP contribution in [0.5, 0.6) is 5.75 Å². The van der Waals surface area contributed by atoms with E-state index in [1.165, 1.54) is 29.2 Å². The number of rotatable bonds is 9. The molecular formula is C35H33N5O7. The molecule has 47 heavy (non-hydrogen) atoms. The number of ether oxygens (including phenoxy) is 1. The van der Waals surface area contributed by atoms with Gasteiger partial charge in [0, 0.05) is 23.0 Å². The fourth-order valence-corrected chi connectivity index (χ4v) is 5.39. The molecule has 3 N–H and O–H groups in total.